The van der Waals surface area contributed by atoms with Crippen molar-refractivity contribution in [2.24, 2.45) is 0 Å². The summed E-state index contributed by atoms with van der Waals surface area (Å²) in [6.07, 6.45) is 2.06. The van der Waals surface area contributed by atoms with Crippen LogP contribution in [-0.2, 0) is 0 Å². The lowest BCUT2D eigenvalue weighted by atomic mass is 9.97. The largest absolute Gasteiger partial charge is 0.497 e. The van der Waals surface area contributed by atoms with Crippen LogP contribution < -0.4 is 20.3 Å². The molecule has 0 radical (unpaired) electrons. The van der Waals surface area contributed by atoms with Gasteiger partial charge in [0.25, 0.3) is 11.5 Å². The van der Waals surface area contributed by atoms with Gasteiger partial charge in [0.15, 0.2) is 0 Å². The van der Waals surface area contributed by atoms with E-state index >= 15 is 0 Å². The van der Waals surface area contributed by atoms with Gasteiger partial charge in [-0.25, -0.2) is 0 Å². The van der Waals surface area contributed by atoms with Crippen molar-refractivity contribution in [3.05, 3.63) is 100 Å². The number of carbonyl (C=O) groups excluding carboxylic acids is 1. The monoisotopic (exact) mass is 482 g/mol. The van der Waals surface area contributed by atoms with Crippen LogP contribution in [0.2, 0.25) is 0 Å². The molecule has 1 amide bonds. The van der Waals surface area contributed by atoms with Crippen LogP contribution >= 0.6 is 0 Å². The predicted octanol–water partition coefficient (Wildman–Crippen LogP) is 6.46. The number of carbonyl (C=O) groups is 1. The van der Waals surface area contributed by atoms with E-state index < -0.39 is 11.5 Å². The number of pyridine rings is 1. The Hall–Kier alpha value is -4.32. The predicted molar refractivity (Wildman–Crippen MR) is 144 cm³/mol. The fraction of sp³-hybridized carbons (Fsp3) is 0.200. The standard InChI is InChI=1S/C30H30N2O4/c1-4-5-18-36-25-14-10-22(11-15-25)27-19-26(21-8-6-20(2)7-9-21)28(30(34)32-27)29(33)31-23-12-16-24(35-3)17-13-23/h6-17,19H,4-5,18H2,1-3H3,(H,31,33)(H,32,34). The number of aromatic amines is 1. The van der Waals surface area contributed by atoms with Crippen molar-refractivity contribution in [1.82, 2.24) is 4.98 Å². The zero-order valence-electron chi connectivity index (χ0n) is 20.8. The van der Waals surface area contributed by atoms with Gasteiger partial charge in [-0.3, -0.25) is 9.59 Å². The minimum Gasteiger partial charge on any atom is -0.497 e. The van der Waals surface area contributed by atoms with Gasteiger partial charge >= 0.3 is 0 Å². The molecule has 0 aliphatic heterocycles. The third kappa shape index (κ3) is 5.84. The maximum atomic E-state index is 13.3. The number of anilines is 1. The van der Waals surface area contributed by atoms with Crippen molar-refractivity contribution in [3.63, 3.8) is 0 Å². The summed E-state index contributed by atoms with van der Waals surface area (Å²) in [7, 11) is 1.58. The fourth-order valence-corrected chi connectivity index (χ4v) is 3.83. The number of rotatable bonds is 9. The molecule has 1 heterocycles. The highest BCUT2D eigenvalue weighted by molar-refractivity contribution is 6.08. The van der Waals surface area contributed by atoms with Crippen molar-refractivity contribution in [2.45, 2.75) is 26.7 Å². The summed E-state index contributed by atoms with van der Waals surface area (Å²) in [5.74, 6) is 0.976. The number of H-pyrrole nitrogens is 1. The highest BCUT2D eigenvalue weighted by Gasteiger charge is 2.20. The number of ether oxygens (including phenoxy) is 2. The summed E-state index contributed by atoms with van der Waals surface area (Å²) in [5.41, 5.74) is 4.04. The van der Waals surface area contributed by atoms with Gasteiger partial charge in [-0.2, -0.15) is 0 Å². The highest BCUT2D eigenvalue weighted by Crippen LogP contribution is 2.28. The van der Waals surface area contributed by atoms with Crippen molar-refractivity contribution >= 4 is 11.6 Å². The molecule has 2 N–H and O–H groups in total. The average Bonchev–Trinajstić information content (AvgIpc) is 2.89. The molecule has 184 valence electrons. The summed E-state index contributed by atoms with van der Waals surface area (Å²) >= 11 is 0. The molecule has 0 atom stereocenters. The van der Waals surface area contributed by atoms with Gasteiger partial charge in [0.2, 0.25) is 0 Å². The molecule has 4 aromatic rings. The molecule has 1 aromatic heterocycles. The SMILES string of the molecule is CCCCOc1ccc(-c2cc(-c3ccc(C)cc3)c(C(=O)Nc3ccc(OC)cc3)c(=O)[nH]2)cc1. The molecule has 0 saturated heterocycles. The van der Waals surface area contributed by atoms with Crippen LogP contribution in [0.5, 0.6) is 11.5 Å². The van der Waals surface area contributed by atoms with E-state index in [1.165, 1.54) is 0 Å². The number of aromatic nitrogens is 1. The van der Waals surface area contributed by atoms with E-state index in [0.717, 1.165) is 35.3 Å². The molecular weight excluding hydrogens is 452 g/mol. The number of amides is 1. The van der Waals surface area contributed by atoms with Crippen LogP contribution in [0.3, 0.4) is 0 Å². The van der Waals surface area contributed by atoms with Gasteiger partial charge in [-0.1, -0.05) is 43.2 Å². The van der Waals surface area contributed by atoms with Crippen LogP contribution in [0.4, 0.5) is 5.69 Å². The number of aryl methyl sites for hydroxylation is 1. The van der Waals surface area contributed by atoms with Gasteiger partial charge < -0.3 is 19.8 Å². The lowest BCUT2D eigenvalue weighted by Gasteiger charge is -2.13. The molecule has 0 unspecified atom stereocenters. The number of hydrogen-bond acceptors (Lipinski definition) is 4. The second kappa shape index (κ2) is 11.4. The van der Waals surface area contributed by atoms with E-state index in [0.29, 0.717) is 29.3 Å². The van der Waals surface area contributed by atoms with E-state index in [4.69, 9.17) is 9.47 Å². The summed E-state index contributed by atoms with van der Waals surface area (Å²) in [4.78, 5) is 29.5. The Morgan fingerprint density at radius 1 is 0.889 bits per heavy atom. The first-order valence-electron chi connectivity index (χ1n) is 12.0. The number of methoxy groups -OCH3 is 1. The van der Waals surface area contributed by atoms with Gasteiger partial charge in [0.1, 0.15) is 17.1 Å². The topological polar surface area (TPSA) is 80.4 Å². The van der Waals surface area contributed by atoms with E-state index in [2.05, 4.69) is 17.2 Å². The zero-order chi connectivity index (χ0) is 25.5. The van der Waals surface area contributed by atoms with Crippen molar-refractivity contribution in [3.8, 4) is 33.9 Å². The van der Waals surface area contributed by atoms with Crippen molar-refractivity contribution in [2.75, 3.05) is 19.0 Å². The van der Waals surface area contributed by atoms with Crippen LogP contribution in [0.15, 0.2) is 83.7 Å². The zero-order valence-corrected chi connectivity index (χ0v) is 20.8. The smallest absolute Gasteiger partial charge is 0.261 e. The molecule has 0 bridgehead atoms. The molecule has 4 rings (SSSR count). The van der Waals surface area contributed by atoms with Crippen LogP contribution in [0.1, 0.15) is 35.7 Å². The third-order valence-electron chi connectivity index (χ3n) is 5.90. The first kappa shape index (κ1) is 24.8. The molecule has 0 saturated carbocycles. The lowest BCUT2D eigenvalue weighted by molar-refractivity contribution is 0.102. The normalized spacial score (nSPS) is 10.6. The molecule has 0 aliphatic rings. The van der Waals surface area contributed by atoms with Crippen LogP contribution in [0.25, 0.3) is 22.4 Å². The number of benzene rings is 3. The second-order valence-electron chi connectivity index (χ2n) is 8.58. The first-order valence-corrected chi connectivity index (χ1v) is 12.0. The van der Waals surface area contributed by atoms with E-state index in [1.54, 1.807) is 31.4 Å². The summed E-state index contributed by atoms with van der Waals surface area (Å²) < 4.78 is 10.9. The fourth-order valence-electron chi connectivity index (χ4n) is 3.83. The molecule has 36 heavy (non-hydrogen) atoms. The van der Waals surface area contributed by atoms with Crippen LogP contribution in [-0.4, -0.2) is 24.6 Å². The summed E-state index contributed by atoms with van der Waals surface area (Å²) in [6.45, 7) is 4.78. The van der Waals surface area contributed by atoms with Crippen molar-refractivity contribution < 1.29 is 14.3 Å². The highest BCUT2D eigenvalue weighted by atomic mass is 16.5. The quantitative estimate of drug-likeness (QED) is 0.268. The molecule has 0 aliphatic carbocycles. The first-order chi connectivity index (χ1) is 17.5. The van der Waals surface area contributed by atoms with Gasteiger partial charge in [0, 0.05) is 16.9 Å². The molecular formula is C30H30N2O4. The Bertz CT molecular complexity index is 1370. The number of unbranched alkanes of at least 4 members (excludes halogenated alkanes) is 1. The van der Waals surface area contributed by atoms with E-state index in [-0.39, 0.29) is 5.56 Å². The van der Waals surface area contributed by atoms with Gasteiger partial charge in [-0.05, 0) is 79.1 Å². The van der Waals surface area contributed by atoms with Crippen LogP contribution in [0, 0.1) is 6.92 Å². The molecule has 0 spiro atoms. The maximum absolute atomic E-state index is 13.3. The van der Waals surface area contributed by atoms with E-state index in [9.17, 15) is 9.59 Å². The van der Waals surface area contributed by atoms with Crippen molar-refractivity contribution in [1.29, 1.82) is 0 Å². The van der Waals surface area contributed by atoms with Gasteiger partial charge in [-0.15, -0.1) is 0 Å². The Balaban J connectivity index is 1.71. The molecule has 3 aromatic carbocycles. The van der Waals surface area contributed by atoms with Gasteiger partial charge in [0.05, 0.1) is 13.7 Å². The molecule has 6 heteroatoms. The Labute approximate surface area is 210 Å². The molecule has 0 fully saturated rings. The number of hydrogen-bond donors (Lipinski definition) is 2. The van der Waals surface area contributed by atoms with E-state index in [1.807, 2.05) is 61.5 Å². The molecule has 6 nitrogen and oxygen atoms in total. The minimum absolute atomic E-state index is 0.0536. The Morgan fingerprint density at radius 2 is 1.53 bits per heavy atom. The third-order valence-corrected chi connectivity index (χ3v) is 5.90. The Morgan fingerprint density at radius 3 is 2.17 bits per heavy atom. The average molecular weight is 483 g/mol. The lowest BCUT2D eigenvalue weighted by Crippen LogP contribution is -2.25. The summed E-state index contributed by atoms with van der Waals surface area (Å²) in [6, 6.07) is 24.2. The second-order valence-corrected chi connectivity index (χ2v) is 8.58. The number of nitrogens with one attached hydrogen (secondary N) is 2. The minimum atomic E-state index is -0.483. The Kier molecular flexibility index (Phi) is 7.85. The maximum Gasteiger partial charge on any atom is 0.261 e. The summed E-state index contributed by atoms with van der Waals surface area (Å²) in [5, 5.41) is 2.83.